The van der Waals surface area contributed by atoms with E-state index in [0.717, 1.165) is 37.1 Å². The normalized spacial score (nSPS) is 15.7. The molecule has 0 radical (unpaired) electrons. The largest absolute Gasteiger partial charge is 0.372 e. The average molecular weight is 392 g/mol. The molecule has 3 aromatic rings. The summed E-state index contributed by atoms with van der Waals surface area (Å²) in [4.78, 5) is 7.20. The highest BCUT2D eigenvalue weighted by atomic mass is 15.3. The highest BCUT2D eigenvalue weighted by Gasteiger charge is 2.14. The molecular formula is C22H29N7. The van der Waals surface area contributed by atoms with E-state index in [9.17, 15) is 0 Å². The van der Waals surface area contributed by atoms with Crippen LogP contribution in [0.1, 0.15) is 44.1 Å². The maximum absolute atomic E-state index is 4.73. The van der Waals surface area contributed by atoms with Gasteiger partial charge in [-0.25, -0.2) is 4.99 Å². The van der Waals surface area contributed by atoms with E-state index in [-0.39, 0.29) is 6.04 Å². The summed E-state index contributed by atoms with van der Waals surface area (Å²) in [5.74, 6) is 1.60. The summed E-state index contributed by atoms with van der Waals surface area (Å²) in [5, 5.41) is 15.3. The predicted molar refractivity (Wildman–Crippen MR) is 117 cm³/mol. The number of anilines is 1. The Morgan fingerprint density at radius 2 is 2.00 bits per heavy atom. The van der Waals surface area contributed by atoms with Crippen LogP contribution in [0.25, 0.3) is 5.65 Å². The Bertz CT molecular complexity index is 972. The number of hydrogen-bond donors (Lipinski definition) is 2. The molecule has 1 saturated heterocycles. The molecule has 2 N–H and O–H groups in total. The number of rotatable bonds is 6. The molecule has 1 aromatic carbocycles. The summed E-state index contributed by atoms with van der Waals surface area (Å²) in [7, 11) is 0. The quantitative estimate of drug-likeness (QED) is 0.499. The number of guanidine groups is 1. The Labute approximate surface area is 171 Å². The lowest BCUT2D eigenvalue weighted by Crippen LogP contribution is -2.38. The van der Waals surface area contributed by atoms with Crippen LogP contribution in [0.2, 0.25) is 0 Å². The fourth-order valence-corrected chi connectivity index (χ4v) is 3.72. The van der Waals surface area contributed by atoms with E-state index in [4.69, 9.17) is 4.99 Å². The summed E-state index contributed by atoms with van der Waals surface area (Å²) in [5.41, 5.74) is 3.40. The second-order valence-electron chi connectivity index (χ2n) is 7.40. The number of nitrogens with zero attached hydrogens (tertiary/aromatic N) is 5. The molecule has 1 unspecified atom stereocenters. The second-order valence-corrected chi connectivity index (χ2v) is 7.40. The van der Waals surface area contributed by atoms with Crippen molar-refractivity contribution in [2.24, 2.45) is 4.99 Å². The van der Waals surface area contributed by atoms with Gasteiger partial charge in [-0.15, -0.1) is 10.2 Å². The van der Waals surface area contributed by atoms with Gasteiger partial charge < -0.3 is 15.5 Å². The first-order valence-electron chi connectivity index (χ1n) is 10.4. The minimum absolute atomic E-state index is 0.144. The van der Waals surface area contributed by atoms with Gasteiger partial charge in [0.1, 0.15) is 6.54 Å². The van der Waals surface area contributed by atoms with E-state index in [0.29, 0.717) is 6.54 Å². The summed E-state index contributed by atoms with van der Waals surface area (Å²) >= 11 is 0. The van der Waals surface area contributed by atoms with Gasteiger partial charge in [0.15, 0.2) is 17.4 Å². The molecule has 0 bridgehead atoms. The molecule has 1 atom stereocenters. The van der Waals surface area contributed by atoms with E-state index < -0.39 is 0 Å². The van der Waals surface area contributed by atoms with Crippen molar-refractivity contribution in [2.45, 2.75) is 39.3 Å². The summed E-state index contributed by atoms with van der Waals surface area (Å²) in [6, 6.07) is 14.8. The molecule has 0 saturated carbocycles. The molecule has 7 heteroatoms. The zero-order valence-electron chi connectivity index (χ0n) is 17.2. The van der Waals surface area contributed by atoms with Crippen molar-refractivity contribution < 1.29 is 0 Å². The van der Waals surface area contributed by atoms with Gasteiger partial charge in [0.05, 0.1) is 6.04 Å². The Morgan fingerprint density at radius 3 is 2.83 bits per heavy atom. The van der Waals surface area contributed by atoms with E-state index in [1.807, 2.05) is 28.8 Å². The van der Waals surface area contributed by atoms with Gasteiger partial charge in [-0.2, -0.15) is 0 Å². The van der Waals surface area contributed by atoms with Crippen LogP contribution in [0.3, 0.4) is 0 Å². The lowest BCUT2D eigenvalue weighted by Gasteiger charge is -2.22. The third-order valence-corrected chi connectivity index (χ3v) is 5.30. The van der Waals surface area contributed by atoms with Gasteiger partial charge in [-0.05, 0) is 56.5 Å². The standard InChI is InChI=1S/C22H29N7/c1-3-23-22(24-16-21-27-26-20-11-4-5-14-29(20)21)25-17(2)18-9-8-10-19(15-18)28-12-6-7-13-28/h4-5,8-11,14-15,17H,3,6-7,12-13,16H2,1-2H3,(H2,23,24,25). The SMILES string of the molecule is CCNC(=NCc1nnc2ccccn12)NC(C)c1cccc(N2CCCC2)c1. The van der Waals surface area contributed by atoms with Crippen molar-refractivity contribution in [1.29, 1.82) is 0 Å². The molecule has 4 rings (SSSR count). The summed E-state index contributed by atoms with van der Waals surface area (Å²) in [6.45, 7) is 7.81. The van der Waals surface area contributed by atoms with E-state index in [1.165, 1.54) is 24.1 Å². The molecule has 0 amide bonds. The lowest BCUT2D eigenvalue weighted by molar-refractivity contribution is 0.684. The van der Waals surface area contributed by atoms with Crippen LogP contribution in [0.15, 0.2) is 53.7 Å². The Morgan fingerprint density at radius 1 is 1.14 bits per heavy atom. The van der Waals surface area contributed by atoms with Crippen LogP contribution in [-0.2, 0) is 6.54 Å². The van der Waals surface area contributed by atoms with Crippen LogP contribution in [0.5, 0.6) is 0 Å². The highest BCUT2D eigenvalue weighted by molar-refractivity contribution is 5.80. The number of aromatic nitrogens is 3. The highest BCUT2D eigenvalue weighted by Crippen LogP contribution is 2.24. The number of hydrogen-bond acceptors (Lipinski definition) is 4. The van der Waals surface area contributed by atoms with Crippen molar-refractivity contribution in [3.8, 4) is 0 Å². The summed E-state index contributed by atoms with van der Waals surface area (Å²) in [6.07, 6.45) is 4.53. The first-order chi connectivity index (χ1) is 14.2. The minimum atomic E-state index is 0.144. The van der Waals surface area contributed by atoms with Crippen molar-refractivity contribution in [1.82, 2.24) is 25.2 Å². The lowest BCUT2D eigenvalue weighted by atomic mass is 10.1. The van der Waals surface area contributed by atoms with Gasteiger partial charge in [0.2, 0.25) is 0 Å². The predicted octanol–water partition coefficient (Wildman–Crippen LogP) is 3.15. The van der Waals surface area contributed by atoms with Gasteiger partial charge in [0.25, 0.3) is 0 Å². The second kappa shape index (κ2) is 8.94. The van der Waals surface area contributed by atoms with Crippen LogP contribution in [0.4, 0.5) is 5.69 Å². The van der Waals surface area contributed by atoms with Crippen molar-refractivity contribution in [3.05, 3.63) is 60.0 Å². The molecule has 152 valence electrons. The Hall–Kier alpha value is -3.09. The molecule has 1 fully saturated rings. The van der Waals surface area contributed by atoms with Gasteiger partial charge in [0, 0.05) is 31.5 Å². The molecule has 29 heavy (non-hydrogen) atoms. The molecule has 1 aliphatic rings. The molecule has 1 aliphatic heterocycles. The van der Waals surface area contributed by atoms with Gasteiger partial charge in [-0.3, -0.25) is 4.40 Å². The van der Waals surface area contributed by atoms with Crippen LogP contribution in [0, 0.1) is 0 Å². The Kier molecular flexibility index (Phi) is 5.93. The molecule has 7 nitrogen and oxygen atoms in total. The number of nitrogens with one attached hydrogen (secondary N) is 2. The maximum Gasteiger partial charge on any atom is 0.192 e. The number of benzene rings is 1. The minimum Gasteiger partial charge on any atom is -0.372 e. The molecule has 0 spiro atoms. The average Bonchev–Trinajstić information content (AvgIpc) is 3.42. The topological polar surface area (TPSA) is 69.8 Å². The fourth-order valence-electron chi connectivity index (χ4n) is 3.72. The smallest absolute Gasteiger partial charge is 0.192 e. The van der Waals surface area contributed by atoms with Crippen LogP contribution in [-0.4, -0.2) is 40.2 Å². The number of aliphatic imine (C=N–C) groups is 1. The zero-order chi connectivity index (χ0) is 20.1. The van der Waals surface area contributed by atoms with E-state index in [2.05, 4.69) is 63.8 Å². The molecule has 0 aliphatic carbocycles. The first kappa shape index (κ1) is 19.2. The zero-order valence-corrected chi connectivity index (χ0v) is 17.2. The van der Waals surface area contributed by atoms with E-state index in [1.54, 1.807) is 0 Å². The summed E-state index contributed by atoms with van der Waals surface area (Å²) < 4.78 is 1.97. The van der Waals surface area contributed by atoms with Gasteiger partial charge >= 0.3 is 0 Å². The van der Waals surface area contributed by atoms with E-state index >= 15 is 0 Å². The monoisotopic (exact) mass is 391 g/mol. The van der Waals surface area contributed by atoms with Crippen molar-refractivity contribution in [2.75, 3.05) is 24.5 Å². The van der Waals surface area contributed by atoms with Crippen LogP contribution >= 0.6 is 0 Å². The molecule has 3 heterocycles. The maximum atomic E-state index is 4.73. The van der Waals surface area contributed by atoms with Gasteiger partial charge in [-0.1, -0.05) is 18.2 Å². The van der Waals surface area contributed by atoms with Crippen molar-refractivity contribution in [3.63, 3.8) is 0 Å². The van der Waals surface area contributed by atoms with Crippen LogP contribution < -0.4 is 15.5 Å². The number of pyridine rings is 1. The Balaban J connectivity index is 1.47. The molecular weight excluding hydrogens is 362 g/mol. The third-order valence-electron chi connectivity index (χ3n) is 5.30. The third kappa shape index (κ3) is 4.50. The first-order valence-corrected chi connectivity index (χ1v) is 10.4. The van der Waals surface area contributed by atoms with Crippen molar-refractivity contribution >= 4 is 17.3 Å². The molecule has 2 aromatic heterocycles. The number of fused-ring (bicyclic) bond motifs is 1. The fraction of sp³-hybridized carbons (Fsp3) is 0.409.